The van der Waals surface area contributed by atoms with E-state index in [1.54, 1.807) is 0 Å². The van der Waals surface area contributed by atoms with Gasteiger partial charge >= 0.3 is 0 Å². The zero-order valence-corrected chi connectivity index (χ0v) is 23.4. The minimum Gasteiger partial charge on any atom is -0.368 e. The number of halogens is 1. The molecule has 0 saturated carbocycles. The number of para-hydroxylation sites is 2. The maximum atomic E-state index is 13.6. The third-order valence-electron chi connectivity index (χ3n) is 8.20. The highest BCUT2D eigenvalue weighted by Gasteiger charge is 2.31. The molecule has 2 fully saturated rings. The predicted octanol–water partition coefficient (Wildman–Crippen LogP) is 5.61. The van der Waals surface area contributed by atoms with Gasteiger partial charge in [-0.2, -0.15) is 0 Å². The van der Waals surface area contributed by atoms with E-state index in [4.69, 9.17) is 16.6 Å². The average Bonchev–Trinajstić information content (AvgIpc) is 3.31. The Hall–Kier alpha value is -3.35. The van der Waals surface area contributed by atoms with E-state index in [9.17, 15) is 4.79 Å². The Morgan fingerprint density at radius 1 is 0.897 bits per heavy atom. The van der Waals surface area contributed by atoms with Gasteiger partial charge in [-0.25, -0.2) is 4.98 Å². The highest BCUT2D eigenvalue weighted by atomic mass is 35.5. The highest BCUT2D eigenvalue weighted by Crippen LogP contribution is 2.25. The summed E-state index contributed by atoms with van der Waals surface area (Å²) in [6, 6.07) is 25.1. The van der Waals surface area contributed by atoms with E-state index < -0.39 is 0 Å². The van der Waals surface area contributed by atoms with Gasteiger partial charge in [-0.15, -0.1) is 0 Å². The number of aryl methyl sites for hydroxylation is 1. The third kappa shape index (κ3) is 5.82. The normalized spacial score (nSPS) is 18.6. The maximum absolute atomic E-state index is 13.6. The molecule has 0 unspecified atom stereocenters. The van der Waals surface area contributed by atoms with Crippen LogP contribution in [0.25, 0.3) is 11.0 Å². The second-order valence-corrected chi connectivity index (χ2v) is 11.4. The molecular weight excluding hydrogens is 506 g/mol. The molecule has 202 valence electrons. The van der Waals surface area contributed by atoms with E-state index in [0.717, 1.165) is 87.1 Å². The topological polar surface area (TPSA) is 44.6 Å². The molecule has 1 atom stereocenters. The molecule has 2 aliphatic rings. The molecule has 3 heterocycles. The molecule has 6 nitrogen and oxygen atoms in total. The number of carbonyl (C=O) groups is 1. The predicted molar refractivity (Wildman–Crippen MR) is 158 cm³/mol. The zero-order chi connectivity index (χ0) is 26.8. The van der Waals surface area contributed by atoms with Gasteiger partial charge in [0.05, 0.1) is 23.5 Å². The summed E-state index contributed by atoms with van der Waals surface area (Å²) >= 11 is 6.13. The first-order valence-corrected chi connectivity index (χ1v) is 14.4. The molecule has 2 saturated heterocycles. The van der Waals surface area contributed by atoms with Crippen LogP contribution >= 0.6 is 11.6 Å². The molecule has 1 aromatic heterocycles. The second kappa shape index (κ2) is 11.4. The van der Waals surface area contributed by atoms with Crippen molar-refractivity contribution < 1.29 is 4.79 Å². The second-order valence-electron chi connectivity index (χ2n) is 11.0. The Bertz CT molecular complexity index is 1420. The fourth-order valence-corrected chi connectivity index (χ4v) is 6.12. The van der Waals surface area contributed by atoms with E-state index in [1.165, 1.54) is 16.8 Å². The molecule has 39 heavy (non-hydrogen) atoms. The van der Waals surface area contributed by atoms with Crippen molar-refractivity contribution in [3.63, 3.8) is 0 Å². The van der Waals surface area contributed by atoms with Gasteiger partial charge in [0, 0.05) is 50.0 Å². The number of likely N-dealkylation sites (tertiary alicyclic amines) is 1. The number of hydrogen-bond acceptors (Lipinski definition) is 4. The first-order chi connectivity index (χ1) is 19.0. The van der Waals surface area contributed by atoms with Crippen LogP contribution in [-0.4, -0.2) is 64.5 Å². The van der Waals surface area contributed by atoms with Crippen LogP contribution in [0.3, 0.4) is 0 Å². The van der Waals surface area contributed by atoms with Crippen molar-refractivity contribution in [2.45, 2.75) is 32.9 Å². The van der Waals surface area contributed by atoms with Gasteiger partial charge in [0.25, 0.3) is 0 Å². The minimum atomic E-state index is 0.0544. The Kier molecular flexibility index (Phi) is 7.58. The van der Waals surface area contributed by atoms with Crippen molar-refractivity contribution in [2.24, 2.45) is 5.92 Å². The van der Waals surface area contributed by atoms with Crippen LogP contribution in [0.5, 0.6) is 0 Å². The smallest absolute Gasteiger partial charge is 0.227 e. The number of rotatable bonds is 6. The van der Waals surface area contributed by atoms with Gasteiger partial charge in [-0.05, 0) is 68.3 Å². The zero-order valence-electron chi connectivity index (χ0n) is 22.6. The Morgan fingerprint density at radius 2 is 1.64 bits per heavy atom. The summed E-state index contributed by atoms with van der Waals surface area (Å²) < 4.78 is 2.31. The van der Waals surface area contributed by atoms with Gasteiger partial charge in [-0.3, -0.25) is 9.69 Å². The molecule has 0 N–H and O–H groups in total. The van der Waals surface area contributed by atoms with Crippen molar-refractivity contribution in [3.05, 3.63) is 94.8 Å². The maximum Gasteiger partial charge on any atom is 0.227 e. The lowest BCUT2D eigenvalue weighted by Gasteiger charge is -2.39. The van der Waals surface area contributed by atoms with Crippen molar-refractivity contribution in [1.29, 1.82) is 0 Å². The van der Waals surface area contributed by atoms with Gasteiger partial charge in [0.15, 0.2) is 0 Å². The number of piperazine rings is 1. The fourth-order valence-electron chi connectivity index (χ4n) is 5.99. The van der Waals surface area contributed by atoms with Crippen LogP contribution in [0.2, 0.25) is 5.02 Å². The molecule has 1 amide bonds. The van der Waals surface area contributed by atoms with Crippen LogP contribution in [0.1, 0.15) is 29.8 Å². The summed E-state index contributed by atoms with van der Waals surface area (Å²) in [4.78, 5) is 25.5. The molecule has 7 heteroatoms. The molecule has 0 radical (unpaired) electrons. The number of amides is 1. The molecule has 2 aliphatic heterocycles. The molecule has 0 spiro atoms. The Labute approximate surface area is 235 Å². The largest absolute Gasteiger partial charge is 0.368 e. The Balaban J connectivity index is 1.12. The average molecular weight is 542 g/mol. The summed E-state index contributed by atoms with van der Waals surface area (Å²) in [5, 5.41) is 0.745. The van der Waals surface area contributed by atoms with Gasteiger partial charge < -0.3 is 14.4 Å². The van der Waals surface area contributed by atoms with E-state index in [0.29, 0.717) is 5.91 Å². The molecular formula is C32H36ClN5O. The fraction of sp³-hybridized carbons (Fsp3) is 0.375. The van der Waals surface area contributed by atoms with Crippen LogP contribution in [0.4, 0.5) is 5.69 Å². The summed E-state index contributed by atoms with van der Waals surface area (Å²) in [6.07, 6.45) is 2.01. The number of piperidine rings is 1. The van der Waals surface area contributed by atoms with Crippen molar-refractivity contribution in [3.8, 4) is 0 Å². The number of benzene rings is 3. The van der Waals surface area contributed by atoms with Gasteiger partial charge in [0.1, 0.15) is 5.82 Å². The molecule has 3 aromatic carbocycles. The SMILES string of the molecule is Cc1ccc(N2CCN(C(=O)[C@@H]3CCCN(Cc4nc5ccccc5n4Cc4ccc(Cl)cc4)C3)CC2)cc1. The number of nitrogens with zero attached hydrogens (tertiary/aromatic N) is 5. The third-order valence-corrected chi connectivity index (χ3v) is 8.45. The quantitative estimate of drug-likeness (QED) is 0.318. The summed E-state index contributed by atoms with van der Waals surface area (Å²) in [7, 11) is 0. The standard InChI is InChI=1S/C32H36ClN5O/c1-24-8-14-28(15-9-24)36-17-19-37(20-18-36)32(39)26-5-4-16-35(22-26)23-31-34-29-6-2-3-7-30(29)38(31)21-25-10-12-27(33)13-11-25/h2-3,6-15,26H,4-5,16-23H2,1H3/t26-/m1/s1. The first kappa shape index (κ1) is 25.9. The lowest BCUT2D eigenvalue weighted by Crippen LogP contribution is -2.52. The van der Waals surface area contributed by atoms with Crippen molar-refractivity contribution >= 4 is 34.2 Å². The first-order valence-electron chi connectivity index (χ1n) is 14.0. The number of hydrogen-bond donors (Lipinski definition) is 0. The van der Waals surface area contributed by atoms with Crippen LogP contribution in [0.15, 0.2) is 72.8 Å². The summed E-state index contributed by atoms with van der Waals surface area (Å²) in [5.74, 6) is 1.42. The number of carbonyl (C=O) groups excluding carboxylic acids is 1. The van der Waals surface area contributed by atoms with Gasteiger partial charge in [-0.1, -0.05) is 53.6 Å². The van der Waals surface area contributed by atoms with Crippen molar-refractivity contribution in [1.82, 2.24) is 19.4 Å². The highest BCUT2D eigenvalue weighted by molar-refractivity contribution is 6.30. The van der Waals surface area contributed by atoms with Crippen molar-refractivity contribution in [2.75, 3.05) is 44.2 Å². The van der Waals surface area contributed by atoms with Crippen LogP contribution in [-0.2, 0) is 17.9 Å². The summed E-state index contributed by atoms with van der Waals surface area (Å²) in [5.41, 5.74) is 5.87. The molecule has 0 aliphatic carbocycles. The Morgan fingerprint density at radius 3 is 2.41 bits per heavy atom. The van der Waals surface area contributed by atoms with E-state index >= 15 is 0 Å². The van der Waals surface area contributed by atoms with Gasteiger partial charge in [0.2, 0.25) is 5.91 Å². The molecule has 0 bridgehead atoms. The lowest BCUT2D eigenvalue weighted by atomic mass is 9.96. The monoisotopic (exact) mass is 541 g/mol. The van der Waals surface area contributed by atoms with E-state index in [1.807, 2.05) is 18.2 Å². The molecule has 6 rings (SSSR count). The van der Waals surface area contributed by atoms with Crippen LogP contribution in [0, 0.1) is 12.8 Å². The lowest BCUT2D eigenvalue weighted by molar-refractivity contribution is -0.137. The van der Waals surface area contributed by atoms with Crippen LogP contribution < -0.4 is 4.90 Å². The number of imidazole rings is 1. The van der Waals surface area contributed by atoms with E-state index in [-0.39, 0.29) is 5.92 Å². The number of aromatic nitrogens is 2. The summed E-state index contributed by atoms with van der Waals surface area (Å²) in [6.45, 7) is 8.75. The number of anilines is 1. The minimum absolute atomic E-state index is 0.0544. The van der Waals surface area contributed by atoms with E-state index in [2.05, 4.69) is 80.8 Å². The molecule has 4 aromatic rings. The number of fused-ring (bicyclic) bond motifs is 1.